The van der Waals surface area contributed by atoms with Crippen LogP contribution in [0, 0.1) is 6.54 Å². The monoisotopic (exact) mass is 873 g/mol. The molecule has 1 aliphatic rings. The number of hydrogen-bond acceptors (Lipinski definition) is 2. The Balaban J connectivity index is 0.000000203. The fourth-order valence-corrected chi connectivity index (χ4v) is 8.82. The van der Waals surface area contributed by atoms with Crippen molar-refractivity contribution in [2.45, 2.75) is 77.9 Å². The van der Waals surface area contributed by atoms with Gasteiger partial charge in [-0.25, -0.2) is 6.54 Å². The predicted molar refractivity (Wildman–Crippen MR) is 183 cm³/mol. The third kappa shape index (κ3) is 8.97. The second kappa shape index (κ2) is 16.1. The average Bonchev–Trinajstić information content (AvgIpc) is 3.27. The summed E-state index contributed by atoms with van der Waals surface area (Å²) in [5.41, 5.74) is 10.00. The number of anilines is 1. The molecule has 0 spiro atoms. The number of aryl methyl sites for hydroxylation is 2. The Morgan fingerprint density at radius 2 is 1.35 bits per heavy atom. The van der Waals surface area contributed by atoms with Gasteiger partial charge in [0.1, 0.15) is 0 Å². The third-order valence-electron chi connectivity index (χ3n) is 8.29. The summed E-state index contributed by atoms with van der Waals surface area (Å²) in [5.74, 6) is 0. The second-order valence-electron chi connectivity index (χ2n) is 12.1. The molecule has 5 rings (SSSR count). The first-order chi connectivity index (χ1) is 20.7. The van der Waals surface area contributed by atoms with Crippen LogP contribution < -0.4 is 4.90 Å². The maximum atomic E-state index is 5.90. The molecule has 1 unspecified atom stereocenters. The molecule has 0 N–H and O–H groups in total. The van der Waals surface area contributed by atoms with Gasteiger partial charge >= 0.3 is 143 Å². The molecular weight excluding hydrogens is 828 g/mol. The number of nitrogens with zero attached hydrogens (tertiary/aromatic N) is 2. The molecule has 0 aliphatic carbocycles. The molecule has 1 saturated heterocycles. The van der Waals surface area contributed by atoms with Crippen LogP contribution in [0.15, 0.2) is 103 Å². The van der Waals surface area contributed by atoms with Gasteiger partial charge in [-0.15, -0.1) is 5.41 Å². The first-order valence-corrected chi connectivity index (χ1v) is 20.1. The molecular formula is C38H44ClN2PbRu-. The zero-order valence-corrected chi connectivity index (χ0v) is 32.5. The topological polar surface area (TPSA) is 6.48 Å². The first kappa shape index (κ1) is 34.2. The Morgan fingerprint density at radius 1 is 0.791 bits per heavy atom. The molecule has 0 bridgehead atoms. The van der Waals surface area contributed by atoms with E-state index in [-0.39, 0.29) is 26.6 Å². The fourth-order valence-electron chi connectivity index (χ4n) is 6.26. The number of halogens is 1. The normalized spacial score (nSPS) is 17.9. The van der Waals surface area contributed by atoms with Crippen molar-refractivity contribution in [1.82, 2.24) is 2.71 Å². The third-order valence-corrected chi connectivity index (χ3v) is 10.7. The molecule has 226 valence electrons. The Hall–Kier alpha value is -1.65. The van der Waals surface area contributed by atoms with Gasteiger partial charge in [-0.05, 0) is 44.2 Å². The summed E-state index contributed by atoms with van der Waals surface area (Å²) in [6, 6.07) is 36.9. The minimum atomic E-state index is -0.161. The van der Waals surface area contributed by atoms with E-state index in [0.717, 1.165) is 58.4 Å². The number of hydrogen-bond donors (Lipinski definition) is 0. The zero-order chi connectivity index (χ0) is 30.9. The van der Waals surface area contributed by atoms with E-state index >= 15 is 0 Å². The van der Waals surface area contributed by atoms with Gasteiger partial charge in [0.2, 0.25) is 0 Å². The number of benzene rings is 4. The van der Waals surface area contributed by atoms with Crippen molar-refractivity contribution in [3.63, 3.8) is 0 Å². The maximum absolute atomic E-state index is 5.90. The number of rotatable bonds is 9. The summed E-state index contributed by atoms with van der Waals surface area (Å²) < 4.78 is 4.63. The molecule has 0 aromatic heterocycles. The quantitative estimate of drug-likeness (QED) is 0.123. The molecule has 4 aromatic rings. The molecule has 0 amide bonds. The molecule has 5 heteroatoms. The van der Waals surface area contributed by atoms with Gasteiger partial charge in [0.25, 0.3) is 0 Å². The molecule has 1 fully saturated rings. The first-order valence-electron chi connectivity index (χ1n) is 15.2. The second-order valence-corrected chi connectivity index (χ2v) is 16.4. The van der Waals surface area contributed by atoms with Crippen LogP contribution in [0.5, 0.6) is 0 Å². The summed E-state index contributed by atoms with van der Waals surface area (Å²) >= 11 is 0.893. The van der Waals surface area contributed by atoms with Gasteiger partial charge < -0.3 is 4.90 Å². The Kier molecular flexibility index (Phi) is 12.8. The van der Waals surface area contributed by atoms with Gasteiger partial charge in [0.15, 0.2) is 0 Å². The average molecular weight is 873 g/mol. The van der Waals surface area contributed by atoms with Gasteiger partial charge in [0.05, 0.1) is 0 Å². The summed E-state index contributed by atoms with van der Waals surface area (Å²) in [6.07, 6.45) is 3.28. The predicted octanol–water partition coefficient (Wildman–Crippen LogP) is 9.08. The van der Waals surface area contributed by atoms with Crippen LogP contribution in [-0.4, -0.2) is 38.9 Å². The molecule has 2 nitrogen and oxygen atoms in total. The van der Waals surface area contributed by atoms with Crippen LogP contribution in [0.2, 0.25) is 0 Å². The van der Waals surface area contributed by atoms with Gasteiger partial charge in [-0.3, -0.25) is 0 Å². The number of para-hydroxylation sites is 1. The van der Waals surface area contributed by atoms with Crippen LogP contribution >= 0.6 is 9.69 Å². The van der Waals surface area contributed by atoms with Crippen molar-refractivity contribution in [2.24, 2.45) is 0 Å². The SMILES string of the molecule is CCc1cccc(CC)c1N1[CH-]C(C)(c2ccccc2)CC1(C)C.[Cl][Ru]=[CH]c1ccccc1C[N]([Pb])Cc1ccccc1. The molecule has 3 radical (unpaired) electrons. The fraction of sp³-hybridized carbons (Fsp3) is 0.316. The Bertz CT molecular complexity index is 1450. The van der Waals surface area contributed by atoms with Crippen LogP contribution in [-0.2, 0) is 47.0 Å². The van der Waals surface area contributed by atoms with Crippen LogP contribution in [0.25, 0.3) is 0 Å². The molecule has 1 heterocycles. The summed E-state index contributed by atoms with van der Waals surface area (Å²) in [6.45, 7) is 16.2. The van der Waals surface area contributed by atoms with Crippen molar-refractivity contribution in [3.05, 3.63) is 143 Å². The van der Waals surface area contributed by atoms with Gasteiger partial charge in [0, 0.05) is 11.2 Å². The summed E-state index contributed by atoms with van der Waals surface area (Å²) in [7, 11) is 5.90. The van der Waals surface area contributed by atoms with E-state index in [2.05, 4.69) is 157 Å². The van der Waals surface area contributed by atoms with Crippen LogP contribution in [0.3, 0.4) is 0 Å². The Morgan fingerprint density at radius 3 is 1.95 bits per heavy atom. The van der Waals surface area contributed by atoms with E-state index in [1.807, 2.05) is 0 Å². The molecule has 0 saturated carbocycles. The molecule has 1 aliphatic heterocycles. The molecule has 1 atom stereocenters. The van der Waals surface area contributed by atoms with Crippen LogP contribution in [0.1, 0.15) is 74.4 Å². The minimum absolute atomic E-state index is 0.0800. The van der Waals surface area contributed by atoms with Crippen LogP contribution in [0.4, 0.5) is 5.69 Å². The Labute approximate surface area is 288 Å². The summed E-state index contributed by atoms with van der Waals surface area (Å²) in [4.78, 5) is 2.57. The van der Waals surface area contributed by atoms with Crippen molar-refractivity contribution < 1.29 is 15.7 Å². The van der Waals surface area contributed by atoms with E-state index in [1.54, 1.807) is 0 Å². The van der Waals surface area contributed by atoms with Gasteiger partial charge in [-0.1, -0.05) is 74.9 Å². The van der Waals surface area contributed by atoms with Crippen molar-refractivity contribution in [2.75, 3.05) is 4.90 Å². The molecule has 4 aromatic carbocycles. The van der Waals surface area contributed by atoms with E-state index in [0.29, 0.717) is 0 Å². The van der Waals surface area contributed by atoms with E-state index in [1.165, 1.54) is 39.1 Å². The van der Waals surface area contributed by atoms with Gasteiger partial charge in [-0.2, -0.15) is 0 Å². The molecule has 43 heavy (non-hydrogen) atoms. The van der Waals surface area contributed by atoms with E-state index in [4.69, 9.17) is 9.69 Å². The van der Waals surface area contributed by atoms with E-state index in [9.17, 15) is 0 Å². The van der Waals surface area contributed by atoms with Crippen molar-refractivity contribution in [3.8, 4) is 0 Å². The standard InChI is InChI=1S/C23H30N.C15H14N.ClH.Pb.Ru/c1-6-18-12-11-13-19(7-2)21(18)24-17-23(5,16-22(24,3)4)20-14-9-8-10-15-20;1-13-7-5-6-10-15(13)12-16-11-14-8-3-2-4-9-14;;;/h8-15,17H,6-7,16H2,1-5H3;1-10H,11-12H2;1H;;/q2*-1;;2*+1/p-1. The van der Waals surface area contributed by atoms with Crippen molar-refractivity contribution >= 4 is 46.1 Å². The van der Waals surface area contributed by atoms with E-state index < -0.39 is 0 Å². The van der Waals surface area contributed by atoms with Crippen molar-refractivity contribution in [1.29, 1.82) is 0 Å². The zero-order valence-electron chi connectivity index (χ0n) is 26.1. The summed E-state index contributed by atoms with van der Waals surface area (Å²) in [5, 5.41) is 0.